The molecule has 3 amide bonds. The second-order valence-electron chi connectivity index (χ2n) is 6.23. The normalized spacial score (nSPS) is 14.0. The van der Waals surface area contributed by atoms with Crippen molar-refractivity contribution in [1.82, 2.24) is 9.88 Å². The summed E-state index contributed by atoms with van der Waals surface area (Å²) in [5.41, 5.74) is 1.55. The number of methoxy groups -OCH3 is 1. The van der Waals surface area contributed by atoms with Gasteiger partial charge in [-0.3, -0.25) is 9.69 Å². The molecule has 2 aromatic carbocycles. The van der Waals surface area contributed by atoms with Crippen molar-refractivity contribution in [2.75, 3.05) is 37.0 Å². The van der Waals surface area contributed by atoms with E-state index in [2.05, 4.69) is 10.3 Å². The number of halogens is 1. The first-order chi connectivity index (χ1) is 13.5. The van der Waals surface area contributed by atoms with Gasteiger partial charge in [-0.25, -0.2) is 9.78 Å². The third-order valence-electron chi connectivity index (χ3n) is 4.41. The molecular formula is C19H17ClN4O3S. The minimum Gasteiger partial charge on any atom is -0.497 e. The van der Waals surface area contributed by atoms with Crippen molar-refractivity contribution >= 4 is 55.9 Å². The van der Waals surface area contributed by atoms with Gasteiger partial charge in [0.05, 0.1) is 17.3 Å². The fourth-order valence-electron chi connectivity index (χ4n) is 3.02. The lowest BCUT2D eigenvalue weighted by Gasteiger charge is -2.18. The highest BCUT2D eigenvalue weighted by atomic mass is 35.5. The molecule has 1 N–H and O–H groups in total. The second-order valence-corrected chi connectivity index (χ2v) is 7.70. The maximum Gasteiger partial charge on any atom is 0.325 e. The summed E-state index contributed by atoms with van der Waals surface area (Å²) < 4.78 is 6.03. The van der Waals surface area contributed by atoms with Crippen LogP contribution in [-0.2, 0) is 4.79 Å². The summed E-state index contributed by atoms with van der Waals surface area (Å²) in [7, 11) is 1.59. The Morgan fingerprint density at radius 2 is 2.04 bits per heavy atom. The number of carbonyl (C=O) groups excluding carboxylic acids is 2. The summed E-state index contributed by atoms with van der Waals surface area (Å²) >= 11 is 7.33. The summed E-state index contributed by atoms with van der Waals surface area (Å²) in [5.74, 6) is 0.443. The zero-order valence-corrected chi connectivity index (χ0v) is 16.6. The van der Waals surface area contributed by atoms with Gasteiger partial charge in [0.15, 0.2) is 5.13 Å². The van der Waals surface area contributed by atoms with Crippen molar-refractivity contribution in [3.05, 3.63) is 47.5 Å². The lowest BCUT2D eigenvalue weighted by atomic mass is 10.3. The molecule has 28 heavy (non-hydrogen) atoms. The van der Waals surface area contributed by atoms with Gasteiger partial charge in [0.1, 0.15) is 12.3 Å². The molecule has 1 aliphatic rings. The van der Waals surface area contributed by atoms with E-state index >= 15 is 0 Å². The summed E-state index contributed by atoms with van der Waals surface area (Å²) in [4.78, 5) is 32.6. The van der Waals surface area contributed by atoms with Crippen LogP contribution in [0, 0.1) is 0 Å². The van der Waals surface area contributed by atoms with Gasteiger partial charge in [-0.2, -0.15) is 0 Å². The molecule has 0 radical (unpaired) electrons. The van der Waals surface area contributed by atoms with E-state index in [1.54, 1.807) is 42.3 Å². The number of carbonyl (C=O) groups is 2. The van der Waals surface area contributed by atoms with Gasteiger partial charge < -0.3 is 15.0 Å². The molecule has 7 nitrogen and oxygen atoms in total. The van der Waals surface area contributed by atoms with Gasteiger partial charge in [-0.05, 0) is 42.5 Å². The molecule has 3 aromatic rings. The quantitative estimate of drug-likeness (QED) is 0.685. The summed E-state index contributed by atoms with van der Waals surface area (Å²) in [6, 6.07) is 12.4. The molecule has 2 heterocycles. The number of rotatable bonds is 5. The average Bonchev–Trinajstić information content (AvgIpc) is 3.24. The molecule has 1 fully saturated rings. The number of urea groups is 1. The van der Waals surface area contributed by atoms with Crippen LogP contribution in [0.15, 0.2) is 42.5 Å². The zero-order chi connectivity index (χ0) is 19.7. The van der Waals surface area contributed by atoms with E-state index in [9.17, 15) is 9.59 Å². The summed E-state index contributed by atoms with van der Waals surface area (Å²) in [6.07, 6.45) is 0. The Morgan fingerprint density at radius 3 is 2.79 bits per heavy atom. The van der Waals surface area contributed by atoms with E-state index in [-0.39, 0.29) is 18.5 Å². The van der Waals surface area contributed by atoms with E-state index in [4.69, 9.17) is 16.3 Å². The predicted molar refractivity (Wildman–Crippen MR) is 111 cm³/mol. The standard InChI is InChI=1S/C19H17ClN4O3S/c1-27-14-5-3-13(4-6-14)24-9-8-23(19(24)26)11-17(25)22-18-21-15-7-2-12(20)10-16(15)28-18/h2-7,10H,8-9,11H2,1H3,(H,21,22,25). The Bertz CT molecular complexity index is 1040. The molecule has 1 aliphatic heterocycles. The zero-order valence-electron chi connectivity index (χ0n) is 15.0. The van der Waals surface area contributed by atoms with E-state index in [1.165, 1.54) is 16.2 Å². The number of amides is 3. The lowest BCUT2D eigenvalue weighted by Crippen LogP contribution is -2.37. The van der Waals surface area contributed by atoms with Crippen LogP contribution in [-0.4, -0.2) is 48.6 Å². The number of anilines is 2. The first kappa shape index (κ1) is 18.5. The Hall–Kier alpha value is -2.84. The molecule has 0 atom stereocenters. The van der Waals surface area contributed by atoms with E-state index in [0.717, 1.165) is 21.7 Å². The molecule has 144 valence electrons. The summed E-state index contributed by atoms with van der Waals surface area (Å²) in [5, 5.41) is 3.87. The van der Waals surface area contributed by atoms with Crippen molar-refractivity contribution < 1.29 is 14.3 Å². The highest BCUT2D eigenvalue weighted by Crippen LogP contribution is 2.28. The number of fused-ring (bicyclic) bond motifs is 1. The minimum absolute atomic E-state index is 0.0256. The third kappa shape index (κ3) is 3.74. The van der Waals surface area contributed by atoms with Crippen molar-refractivity contribution in [3.8, 4) is 5.75 Å². The van der Waals surface area contributed by atoms with Crippen LogP contribution in [0.4, 0.5) is 15.6 Å². The number of nitrogens with zero attached hydrogens (tertiary/aromatic N) is 3. The molecule has 1 aromatic heterocycles. The molecular weight excluding hydrogens is 400 g/mol. The van der Waals surface area contributed by atoms with Gasteiger partial charge in [0, 0.05) is 23.8 Å². The summed E-state index contributed by atoms with van der Waals surface area (Å²) in [6.45, 7) is 0.980. The molecule has 0 bridgehead atoms. The van der Waals surface area contributed by atoms with E-state index in [1.807, 2.05) is 12.1 Å². The van der Waals surface area contributed by atoms with Gasteiger partial charge in [0.2, 0.25) is 5.91 Å². The van der Waals surface area contributed by atoms with Gasteiger partial charge in [-0.1, -0.05) is 22.9 Å². The SMILES string of the molecule is COc1ccc(N2CCN(CC(=O)Nc3nc4ccc(Cl)cc4s3)C2=O)cc1. The topological polar surface area (TPSA) is 74.8 Å². The first-order valence-electron chi connectivity index (χ1n) is 8.60. The number of aromatic nitrogens is 1. The minimum atomic E-state index is -0.282. The van der Waals surface area contributed by atoms with E-state index in [0.29, 0.717) is 23.2 Å². The van der Waals surface area contributed by atoms with Crippen molar-refractivity contribution in [3.63, 3.8) is 0 Å². The van der Waals surface area contributed by atoms with Crippen LogP contribution in [0.25, 0.3) is 10.2 Å². The Kier molecular flexibility index (Phi) is 5.06. The van der Waals surface area contributed by atoms with Gasteiger partial charge in [-0.15, -0.1) is 0 Å². The number of thiazole rings is 1. The highest BCUT2D eigenvalue weighted by Gasteiger charge is 2.31. The second kappa shape index (κ2) is 7.65. The molecule has 0 saturated carbocycles. The van der Waals surface area contributed by atoms with Gasteiger partial charge in [0.25, 0.3) is 0 Å². The Morgan fingerprint density at radius 1 is 1.25 bits per heavy atom. The molecule has 0 unspecified atom stereocenters. The molecule has 0 spiro atoms. The van der Waals surface area contributed by atoms with Crippen molar-refractivity contribution in [1.29, 1.82) is 0 Å². The van der Waals surface area contributed by atoms with Crippen molar-refractivity contribution in [2.45, 2.75) is 0 Å². The van der Waals surface area contributed by atoms with Gasteiger partial charge >= 0.3 is 6.03 Å². The van der Waals surface area contributed by atoms with Crippen LogP contribution in [0.3, 0.4) is 0 Å². The molecule has 1 saturated heterocycles. The fourth-order valence-corrected chi connectivity index (χ4v) is 4.17. The Balaban J connectivity index is 1.39. The fraction of sp³-hybridized carbons (Fsp3) is 0.211. The molecule has 9 heteroatoms. The highest BCUT2D eigenvalue weighted by molar-refractivity contribution is 7.22. The monoisotopic (exact) mass is 416 g/mol. The van der Waals surface area contributed by atoms with Crippen LogP contribution in [0.5, 0.6) is 5.75 Å². The van der Waals surface area contributed by atoms with Crippen molar-refractivity contribution in [2.24, 2.45) is 0 Å². The number of hydrogen-bond donors (Lipinski definition) is 1. The lowest BCUT2D eigenvalue weighted by molar-refractivity contribution is -0.116. The number of hydrogen-bond acceptors (Lipinski definition) is 5. The molecule has 0 aliphatic carbocycles. The average molecular weight is 417 g/mol. The number of nitrogens with one attached hydrogen (secondary N) is 1. The largest absolute Gasteiger partial charge is 0.497 e. The van der Waals surface area contributed by atoms with E-state index < -0.39 is 0 Å². The maximum atomic E-state index is 12.6. The molecule has 4 rings (SSSR count). The number of benzene rings is 2. The van der Waals surface area contributed by atoms with Crippen LogP contribution >= 0.6 is 22.9 Å². The third-order valence-corrected chi connectivity index (χ3v) is 5.58. The predicted octanol–water partition coefficient (Wildman–Crippen LogP) is 3.84. The van der Waals surface area contributed by atoms with Crippen LogP contribution in [0.1, 0.15) is 0 Å². The first-order valence-corrected chi connectivity index (χ1v) is 9.79. The maximum absolute atomic E-state index is 12.6. The van der Waals surface area contributed by atoms with Crippen LogP contribution in [0.2, 0.25) is 5.02 Å². The smallest absolute Gasteiger partial charge is 0.325 e. The van der Waals surface area contributed by atoms with Crippen LogP contribution < -0.4 is 15.0 Å². The number of ether oxygens (including phenoxy) is 1. The Labute approximate surface area is 170 Å².